The number of halogens is 1. The molecule has 0 aromatic heterocycles. The molecule has 1 atom stereocenters. The highest BCUT2D eigenvalue weighted by molar-refractivity contribution is 5.94. The molecule has 1 unspecified atom stereocenters. The van der Waals surface area contributed by atoms with Crippen LogP contribution < -0.4 is 20.5 Å². The Morgan fingerprint density at radius 1 is 1.27 bits per heavy atom. The van der Waals surface area contributed by atoms with Crippen LogP contribution in [0.25, 0.3) is 0 Å². The summed E-state index contributed by atoms with van der Waals surface area (Å²) in [6, 6.07) is 12.5. The topological polar surface area (TPSA) is 73.6 Å². The van der Waals surface area contributed by atoms with Crippen molar-refractivity contribution in [2.75, 3.05) is 12.3 Å². The fourth-order valence-corrected chi connectivity index (χ4v) is 3.11. The summed E-state index contributed by atoms with van der Waals surface area (Å²) in [4.78, 5) is 12.7. The number of hydrogen-bond donors (Lipinski definition) is 2. The van der Waals surface area contributed by atoms with Crippen molar-refractivity contribution in [2.24, 2.45) is 0 Å². The molecule has 1 aliphatic heterocycles. The number of ether oxygens (including phenoxy) is 2. The molecule has 26 heavy (non-hydrogen) atoms. The van der Waals surface area contributed by atoms with Gasteiger partial charge in [-0.05, 0) is 63.2 Å². The number of benzene rings is 2. The third kappa shape index (κ3) is 4.41. The molecule has 2 aromatic carbocycles. The molecule has 3 rings (SSSR count). The van der Waals surface area contributed by atoms with Crippen molar-refractivity contribution in [3.8, 4) is 11.5 Å². The number of carbonyl (C=O) groups is 1. The molecule has 1 aliphatic rings. The zero-order valence-corrected chi connectivity index (χ0v) is 16.1. The zero-order valence-electron chi connectivity index (χ0n) is 15.2. The number of nitrogens with one attached hydrogen (secondary N) is 1. The van der Waals surface area contributed by atoms with Gasteiger partial charge in [-0.3, -0.25) is 4.79 Å². The van der Waals surface area contributed by atoms with E-state index in [1.165, 1.54) is 0 Å². The first kappa shape index (κ1) is 19.9. The lowest BCUT2D eigenvalue weighted by molar-refractivity contribution is 0.0620. The number of amides is 1. The van der Waals surface area contributed by atoms with E-state index in [1.54, 1.807) is 24.3 Å². The Morgan fingerprint density at radius 3 is 2.62 bits per heavy atom. The van der Waals surface area contributed by atoms with Crippen LogP contribution in [0.15, 0.2) is 42.5 Å². The number of carbonyl (C=O) groups excluding carboxylic acids is 1. The lowest BCUT2D eigenvalue weighted by Crippen LogP contribution is -2.41. The zero-order chi connectivity index (χ0) is 18.0. The molecule has 0 saturated heterocycles. The number of nitrogen functional groups attached to an aromatic ring is 1. The largest absolute Gasteiger partial charge is 0.494 e. The van der Waals surface area contributed by atoms with E-state index < -0.39 is 0 Å². The fraction of sp³-hybridized carbons (Fsp3) is 0.350. The van der Waals surface area contributed by atoms with E-state index in [1.807, 2.05) is 39.0 Å². The minimum absolute atomic E-state index is 0. The van der Waals surface area contributed by atoms with Gasteiger partial charge in [0.25, 0.3) is 5.91 Å². The van der Waals surface area contributed by atoms with Gasteiger partial charge in [-0.1, -0.05) is 0 Å². The number of nitrogens with two attached hydrogens (primary N) is 1. The molecule has 0 saturated carbocycles. The molecule has 0 aliphatic carbocycles. The normalized spacial score (nSPS) is 17.3. The van der Waals surface area contributed by atoms with Gasteiger partial charge in [0, 0.05) is 23.2 Å². The van der Waals surface area contributed by atoms with Crippen LogP contribution in [0, 0.1) is 0 Å². The highest BCUT2D eigenvalue weighted by atomic mass is 35.5. The van der Waals surface area contributed by atoms with Crippen molar-refractivity contribution in [2.45, 2.75) is 38.8 Å². The quantitative estimate of drug-likeness (QED) is 0.787. The number of anilines is 1. The molecule has 0 fully saturated rings. The van der Waals surface area contributed by atoms with E-state index in [0.29, 0.717) is 24.3 Å². The van der Waals surface area contributed by atoms with Crippen LogP contribution in [0.3, 0.4) is 0 Å². The Hall–Kier alpha value is -2.40. The molecule has 2 aromatic rings. The number of rotatable bonds is 4. The number of fused-ring (bicyclic) bond motifs is 1. The molecule has 6 heteroatoms. The van der Waals surface area contributed by atoms with E-state index in [4.69, 9.17) is 15.2 Å². The molecule has 1 amide bonds. The fourth-order valence-electron chi connectivity index (χ4n) is 3.11. The Labute approximate surface area is 160 Å². The Kier molecular flexibility index (Phi) is 6.03. The summed E-state index contributed by atoms with van der Waals surface area (Å²) in [5.74, 6) is 1.39. The maximum Gasteiger partial charge on any atom is 0.251 e. The lowest BCUT2D eigenvalue weighted by atomic mass is 9.89. The standard InChI is InChI=1S/C20H24N2O3.ClH/c1-4-24-15-8-5-13(6-9-15)19(23)22-17-12-20(2,3)25-18-10-7-14(21)11-16(17)18;/h5-11,17H,4,12,21H2,1-3H3,(H,22,23);1H. The molecular formula is C20H25ClN2O3. The first-order valence-electron chi connectivity index (χ1n) is 8.50. The maximum atomic E-state index is 12.7. The van der Waals surface area contributed by atoms with Gasteiger partial charge in [-0.2, -0.15) is 0 Å². The minimum atomic E-state index is -0.361. The van der Waals surface area contributed by atoms with Crippen LogP contribution in [0.1, 0.15) is 49.2 Å². The van der Waals surface area contributed by atoms with Crippen LogP contribution in [0.5, 0.6) is 11.5 Å². The summed E-state index contributed by atoms with van der Waals surface area (Å²) in [6.45, 7) is 6.56. The van der Waals surface area contributed by atoms with E-state index in [-0.39, 0.29) is 30.0 Å². The third-order valence-electron chi connectivity index (χ3n) is 4.22. The summed E-state index contributed by atoms with van der Waals surface area (Å²) in [5, 5.41) is 3.11. The first-order valence-corrected chi connectivity index (χ1v) is 8.50. The van der Waals surface area contributed by atoms with Crippen molar-refractivity contribution < 1.29 is 14.3 Å². The SMILES string of the molecule is CCOc1ccc(C(=O)NC2CC(C)(C)Oc3ccc(N)cc32)cc1.Cl. The van der Waals surface area contributed by atoms with Gasteiger partial charge >= 0.3 is 0 Å². The van der Waals surface area contributed by atoms with Crippen LogP contribution in [0.4, 0.5) is 5.69 Å². The third-order valence-corrected chi connectivity index (χ3v) is 4.22. The molecule has 0 bridgehead atoms. The van der Waals surface area contributed by atoms with Gasteiger partial charge in [0.05, 0.1) is 12.6 Å². The van der Waals surface area contributed by atoms with Crippen molar-refractivity contribution in [3.63, 3.8) is 0 Å². The summed E-state index contributed by atoms with van der Waals surface area (Å²) in [7, 11) is 0. The Bertz CT molecular complexity index is 775. The van der Waals surface area contributed by atoms with E-state index in [0.717, 1.165) is 17.1 Å². The van der Waals surface area contributed by atoms with Crippen LogP contribution in [0.2, 0.25) is 0 Å². The summed E-state index contributed by atoms with van der Waals surface area (Å²) in [6.07, 6.45) is 0.673. The molecule has 0 radical (unpaired) electrons. The van der Waals surface area contributed by atoms with Gasteiger partial charge in [0.2, 0.25) is 0 Å². The average molecular weight is 377 g/mol. The Balaban J connectivity index is 0.00000243. The highest BCUT2D eigenvalue weighted by Gasteiger charge is 2.34. The first-order chi connectivity index (χ1) is 11.9. The second-order valence-electron chi connectivity index (χ2n) is 6.85. The van der Waals surface area contributed by atoms with Gasteiger partial charge in [0.15, 0.2) is 0 Å². The monoisotopic (exact) mass is 376 g/mol. The lowest BCUT2D eigenvalue weighted by Gasteiger charge is -2.38. The van der Waals surface area contributed by atoms with Crippen molar-refractivity contribution in [1.29, 1.82) is 0 Å². The van der Waals surface area contributed by atoms with E-state index >= 15 is 0 Å². The second-order valence-corrected chi connectivity index (χ2v) is 6.85. The minimum Gasteiger partial charge on any atom is -0.494 e. The second kappa shape index (κ2) is 7.87. The van der Waals surface area contributed by atoms with Crippen molar-refractivity contribution >= 4 is 24.0 Å². The molecule has 5 nitrogen and oxygen atoms in total. The van der Waals surface area contributed by atoms with Crippen LogP contribution in [-0.4, -0.2) is 18.1 Å². The summed E-state index contributed by atoms with van der Waals surface area (Å²) >= 11 is 0. The predicted octanol–water partition coefficient (Wildman–Crippen LogP) is 4.12. The number of hydrogen-bond acceptors (Lipinski definition) is 4. The highest BCUT2D eigenvalue weighted by Crippen LogP contribution is 2.40. The van der Waals surface area contributed by atoms with E-state index in [2.05, 4.69) is 5.32 Å². The molecule has 140 valence electrons. The van der Waals surface area contributed by atoms with E-state index in [9.17, 15) is 4.79 Å². The molecule has 1 heterocycles. The van der Waals surface area contributed by atoms with Crippen LogP contribution in [-0.2, 0) is 0 Å². The Morgan fingerprint density at radius 2 is 1.96 bits per heavy atom. The smallest absolute Gasteiger partial charge is 0.251 e. The van der Waals surface area contributed by atoms with Gasteiger partial charge in [0.1, 0.15) is 17.1 Å². The maximum absolute atomic E-state index is 12.7. The van der Waals surface area contributed by atoms with Crippen LogP contribution >= 0.6 is 12.4 Å². The average Bonchev–Trinajstić information content (AvgIpc) is 2.56. The molecule has 3 N–H and O–H groups in total. The summed E-state index contributed by atoms with van der Waals surface area (Å²) in [5.41, 5.74) is 7.72. The van der Waals surface area contributed by atoms with Crippen molar-refractivity contribution in [1.82, 2.24) is 5.32 Å². The molecular weight excluding hydrogens is 352 g/mol. The van der Waals surface area contributed by atoms with Crippen molar-refractivity contribution in [3.05, 3.63) is 53.6 Å². The summed E-state index contributed by atoms with van der Waals surface area (Å²) < 4.78 is 11.4. The predicted molar refractivity (Wildman–Crippen MR) is 105 cm³/mol. The van der Waals surface area contributed by atoms with Gasteiger partial charge in [-0.25, -0.2) is 0 Å². The van der Waals surface area contributed by atoms with Gasteiger partial charge in [-0.15, -0.1) is 12.4 Å². The van der Waals surface area contributed by atoms with Gasteiger partial charge < -0.3 is 20.5 Å². The molecule has 0 spiro atoms.